The van der Waals surface area contributed by atoms with E-state index in [-0.39, 0.29) is 10.6 Å². The van der Waals surface area contributed by atoms with Gasteiger partial charge in [0, 0.05) is 36.1 Å². The zero-order valence-electron chi connectivity index (χ0n) is 10.0. The first-order valence-electron chi connectivity index (χ1n) is 5.49. The summed E-state index contributed by atoms with van der Waals surface area (Å²) in [6, 6.07) is 4.85. The van der Waals surface area contributed by atoms with Gasteiger partial charge in [-0.05, 0) is 19.1 Å². The van der Waals surface area contributed by atoms with Crippen molar-refractivity contribution in [1.82, 2.24) is 4.98 Å². The zero-order valence-corrected chi connectivity index (χ0v) is 10.0. The lowest BCUT2D eigenvalue weighted by molar-refractivity contribution is -0.383. The number of nitrogens with zero attached hydrogens (tertiary/aromatic N) is 2. The van der Waals surface area contributed by atoms with Crippen LogP contribution in [0.1, 0.15) is 6.92 Å². The number of hydrogen-bond acceptors (Lipinski definition) is 4. The van der Waals surface area contributed by atoms with Crippen LogP contribution in [0.15, 0.2) is 42.7 Å². The van der Waals surface area contributed by atoms with Crippen LogP contribution in [-0.2, 0) is 0 Å². The van der Waals surface area contributed by atoms with Crippen LogP contribution in [0.5, 0.6) is 0 Å². The molecule has 0 aliphatic carbocycles. The van der Waals surface area contributed by atoms with E-state index in [1.54, 1.807) is 24.5 Å². The van der Waals surface area contributed by atoms with Gasteiger partial charge in [-0.1, -0.05) is 12.2 Å². The Morgan fingerprint density at radius 2 is 2.22 bits per heavy atom. The number of benzene rings is 1. The first-order chi connectivity index (χ1) is 8.59. The highest BCUT2D eigenvalue weighted by Crippen LogP contribution is 2.30. The average Bonchev–Trinajstić information content (AvgIpc) is 2.35. The van der Waals surface area contributed by atoms with E-state index in [0.717, 1.165) is 16.6 Å². The normalized spacial score (nSPS) is 10.3. The van der Waals surface area contributed by atoms with E-state index in [1.807, 2.05) is 6.92 Å². The second-order valence-corrected chi connectivity index (χ2v) is 4.12. The van der Waals surface area contributed by atoms with Crippen LogP contribution in [0.3, 0.4) is 0 Å². The van der Waals surface area contributed by atoms with Crippen molar-refractivity contribution in [2.45, 2.75) is 6.92 Å². The Morgan fingerprint density at radius 3 is 2.89 bits per heavy atom. The predicted molar refractivity (Wildman–Crippen MR) is 71.7 cm³/mol. The van der Waals surface area contributed by atoms with Crippen LogP contribution in [-0.4, -0.2) is 16.5 Å². The van der Waals surface area contributed by atoms with Crippen molar-refractivity contribution in [3.05, 3.63) is 52.9 Å². The van der Waals surface area contributed by atoms with E-state index in [9.17, 15) is 10.1 Å². The minimum absolute atomic E-state index is 0.0910. The number of fused-ring (bicyclic) bond motifs is 1. The fourth-order valence-corrected chi connectivity index (χ4v) is 1.73. The lowest BCUT2D eigenvalue weighted by Gasteiger charge is -2.09. The Balaban J connectivity index is 2.53. The molecule has 1 aromatic heterocycles. The molecule has 2 rings (SSSR count). The van der Waals surface area contributed by atoms with Crippen LogP contribution in [0.25, 0.3) is 10.8 Å². The maximum Gasteiger partial charge on any atom is 0.277 e. The van der Waals surface area contributed by atoms with Gasteiger partial charge in [-0.2, -0.15) is 0 Å². The number of nitro benzene ring substituents is 1. The van der Waals surface area contributed by atoms with Gasteiger partial charge in [0.25, 0.3) is 5.69 Å². The molecule has 0 amide bonds. The van der Waals surface area contributed by atoms with E-state index in [2.05, 4.69) is 16.9 Å². The van der Waals surface area contributed by atoms with Crippen LogP contribution < -0.4 is 5.32 Å². The molecule has 1 N–H and O–H groups in total. The van der Waals surface area contributed by atoms with Crippen LogP contribution >= 0.6 is 0 Å². The summed E-state index contributed by atoms with van der Waals surface area (Å²) < 4.78 is 0. The summed E-state index contributed by atoms with van der Waals surface area (Å²) in [5.74, 6) is 0. The molecule has 0 spiro atoms. The van der Waals surface area contributed by atoms with Gasteiger partial charge in [0.2, 0.25) is 0 Å². The van der Waals surface area contributed by atoms with Crippen molar-refractivity contribution in [2.75, 3.05) is 11.9 Å². The molecule has 0 aliphatic heterocycles. The number of hydrogen-bond donors (Lipinski definition) is 1. The molecule has 0 unspecified atom stereocenters. The third kappa shape index (κ3) is 2.29. The maximum atomic E-state index is 10.9. The molecule has 18 heavy (non-hydrogen) atoms. The molecule has 0 saturated carbocycles. The molecular formula is C13H13N3O2. The lowest BCUT2D eigenvalue weighted by Crippen LogP contribution is -2.03. The number of non-ortho nitro benzene ring substituents is 1. The summed E-state index contributed by atoms with van der Waals surface area (Å²) in [6.45, 7) is 6.35. The molecule has 0 saturated heterocycles. The largest absolute Gasteiger partial charge is 0.381 e. The number of aromatic nitrogens is 1. The van der Waals surface area contributed by atoms with Gasteiger partial charge in [-0.15, -0.1) is 0 Å². The Morgan fingerprint density at radius 1 is 1.44 bits per heavy atom. The van der Waals surface area contributed by atoms with Crippen LogP contribution in [0.2, 0.25) is 0 Å². The third-order valence-electron chi connectivity index (χ3n) is 2.57. The van der Waals surface area contributed by atoms with Crippen molar-refractivity contribution in [1.29, 1.82) is 0 Å². The van der Waals surface area contributed by atoms with Gasteiger partial charge >= 0.3 is 0 Å². The van der Waals surface area contributed by atoms with Crippen molar-refractivity contribution in [3.8, 4) is 0 Å². The SMILES string of the molecule is C=C(C)CNc1ccc([N+](=O)[O-])c2ccncc12. The summed E-state index contributed by atoms with van der Waals surface area (Å²) in [5, 5.41) is 15.5. The van der Waals surface area contributed by atoms with Gasteiger partial charge < -0.3 is 5.32 Å². The standard InChI is InChI=1S/C13H13N3O2/c1-9(2)7-15-12-3-4-13(16(17)18)10-5-6-14-8-11(10)12/h3-6,8,15H,1,7H2,2H3. The molecular weight excluding hydrogens is 230 g/mol. The minimum atomic E-state index is -0.384. The molecule has 0 fully saturated rings. The summed E-state index contributed by atoms with van der Waals surface area (Å²) >= 11 is 0. The van der Waals surface area contributed by atoms with E-state index in [0.29, 0.717) is 11.9 Å². The van der Waals surface area contributed by atoms with Gasteiger partial charge in [0.15, 0.2) is 0 Å². The smallest absolute Gasteiger partial charge is 0.277 e. The number of nitro groups is 1. The Hall–Kier alpha value is -2.43. The molecule has 1 aromatic carbocycles. The minimum Gasteiger partial charge on any atom is -0.381 e. The first-order valence-corrected chi connectivity index (χ1v) is 5.49. The van der Waals surface area contributed by atoms with Crippen molar-refractivity contribution in [3.63, 3.8) is 0 Å². The van der Waals surface area contributed by atoms with Crippen molar-refractivity contribution < 1.29 is 4.92 Å². The highest BCUT2D eigenvalue weighted by molar-refractivity contribution is 5.99. The second-order valence-electron chi connectivity index (χ2n) is 4.12. The molecule has 0 bridgehead atoms. The molecule has 2 aromatic rings. The fraction of sp³-hybridized carbons (Fsp3) is 0.154. The van der Waals surface area contributed by atoms with Gasteiger partial charge in [0.05, 0.1) is 10.3 Å². The Bertz CT molecular complexity index is 623. The van der Waals surface area contributed by atoms with Crippen molar-refractivity contribution in [2.24, 2.45) is 0 Å². The van der Waals surface area contributed by atoms with Crippen molar-refractivity contribution >= 4 is 22.1 Å². The van der Waals surface area contributed by atoms with E-state index in [4.69, 9.17) is 0 Å². The van der Waals surface area contributed by atoms with Gasteiger partial charge in [-0.3, -0.25) is 15.1 Å². The number of pyridine rings is 1. The summed E-state index contributed by atoms with van der Waals surface area (Å²) in [7, 11) is 0. The number of nitrogens with one attached hydrogen (secondary N) is 1. The molecule has 5 nitrogen and oxygen atoms in total. The van der Waals surface area contributed by atoms with E-state index >= 15 is 0 Å². The predicted octanol–water partition coefficient (Wildman–Crippen LogP) is 3.13. The molecule has 1 heterocycles. The average molecular weight is 243 g/mol. The topological polar surface area (TPSA) is 68.1 Å². The van der Waals surface area contributed by atoms with Crippen LogP contribution in [0.4, 0.5) is 11.4 Å². The first kappa shape index (κ1) is 12.0. The van der Waals surface area contributed by atoms with Gasteiger partial charge in [-0.25, -0.2) is 0 Å². The monoisotopic (exact) mass is 243 g/mol. The molecule has 92 valence electrons. The summed E-state index contributed by atoms with van der Waals surface area (Å²) in [5.41, 5.74) is 1.91. The third-order valence-corrected chi connectivity index (χ3v) is 2.57. The number of rotatable bonds is 4. The molecule has 0 radical (unpaired) electrons. The van der Waals surface area contributed by atoms with E-state index in [1.165, 1.54) is 6.07 Å². The second kappa shape index (κ2) is 4.83. The molecule has 5 heteroatoms. The highest BCUT2D eigenvalue weighted by atomic mass is 16.6. The molecule has 0 atom stereocenters. The van der Waals surface area contributed by atoms with Gasteiger partial charge in [0.1, 0.15) is 0 Å². The zero-order chi connectivity index (χ0) is 13.1. The summed E-state index contributed by atoms with van der Waals surface area (Å²) in [4.78, 5) is 14.6. The highest BCUT2D eigenvalue weighted by Gasteiger charge is 2.13. The Kier molecular flexibility index (Phi) is 3.23. The van der Waals surface area contributed by atoms with Crippen LogP contribution in [0, 0.1) is 10.1 Å². The lowest BCUT2D eigenvalue weighted by atomic mass is 10.1. The van der Waals surface area contributed by atoms with E-state index < -0.39 is 0 Å². The maximum absolute atomic E-state index is 10.9. The quantitative estimate of drug-likeness (QED) is 0.509. The number of anilines is 1. The summed E-state index contributed by atoms with van der Waals surface area (Å²) in [6.07, 6.45) is 3.18. The molecule has 0 aliphatic rings. The fourth-order valence-electron chi connectivity index (χ4n) is 1.73. The Labute approximate surface area is 104 Å².